The van der Waals surface area contributed by atoms with Gasteiger partial charge in [-0.05, 0) is 17.9 Å². The predicted molar refractivity (Wildman–Crippen MR) is 114 cm³/mol. The van der Waals surface area contributed by atoms with Gasteiger partial charge < -0.3 is 31.9 Å². The predicted octanol–water partition coefficient (Wildman–Crippen LogP) is -0.752. The van der Waals surface area contributed by atoms with E-state index in [-0.39, 0.29) is 25.2 Å². The van der Waals surface area contributed by atoms with E-state index >= 15 is 0 Å². The highest BCUT2D eigenvalue weighted by Gasteiger charge is 2.30. The molecule has 0 aliphatic rings. The highest BCUT2D eigenvalue weighted by Crippen LogP contribution is 2.07. The number of aliphatic carboxylic acids is 2. The molecule has 0 bridgehead atoms. The molecule has 0 fully saturated rings. The van der Waals surface area contributed by atoms with Crippen LogP contribution in [0.4, 0.5) is 0 Å². The van der Waals surface area contributed by atoms with Crippen LogP contribution in [0.2, 0.25) is 0 Å². The summed E-state index contributed by atoms with van der Waals surface area (Å²) in [4.78, 5) is 59.2. The highest BCUT2D eigenvalue weighted by atomic mass is 16.4. The van der Waals surface area contributed by atoms with Gasteiger partial charge in [-0.3, -0.25) is 24.0 Å². The van der Waals surface area contributed by atoms with Crippen LogP contribution in [0.1, 0.15) is 32.3 Å². The summed E-state index contributed by atoms with van der Waals surface area (Å²) in [5.74, 6) is -4.71. The molecule has 0 saturated carbocycles. The van der Waals surface area contributed by atoms with Gasteiger partial charge in [0.2, 0.25) is 17.7 Å². The molecular formula is C21H30N4O7. The number of carbonyl (C=O) groups excluding carboxylic acids is 3. The quantitative estimate of drug-likeness (QED) is 0.226. The minimum atomic E-state index is -1.23. The number of carboxylic acid groups (broad SMARTS) is 2. The molecule has 0 aliphatic carbocycles. The average molecular weight is 450 g/mol. The van der Waals surface area contributed by atoms with Crippen LogP contribution in [0, 0.1) is 5.92 Å². The molecule has 176 valence electrons. The van der Waals surface area contributed by atoms with E-state index < -0.39 is 54.3 Å². The zero-order valence-electron chi connectivity index (χ0n) is 18.0. The van der Waals surface area contributed by atoms with Crippen molar-refractivity contribution in [3.63, 3.8) is 0 Å². The van der Waals surface area contributed by atoms with Crippen LogP contribution < -0.4 is 21.7 Å². The standard InChI is InChI=1S/C21H30N4O7/c1-12(2)18(25-19(30)14(22)8-9-16(26)27)21(32)24-15(20(31)23-11-17(28)29)10-13-6-4-3-5-7-13/h3-7,12,14-15,18H,8-11,22H2,1-2H3,(H,23,31)(H,24,32)(H,25,30)(H,26,27)(H,28,29). The van der Waals surface area contributed by atoms with Gasteiger partial charge in [-0.2, -0.15) is 0 Å². The monoisotopic (exact) mass is 450 g/mol. The van der Waals surface area contributed by atoms with Crippen molar-refractivity contribution >= 4 is 29.7 Å². The Morgan fingerprint density at radius 2 is 1.53 bits per heavy atom. The van der Waals surface area contributed by atoms with Gasteiger partial charge in [-0.15, -0.1) is 0 Å². The Morgan fingerprint density at radius 1 is 0.906 bits per heavy atom. The molecule has 0 radical (unpaired) electrons. The molecule has 1 rings (SSSR count). The number of amides is 3. The van der Waals surface area contributed by atoms with Crippen molar-refractivity contribution in [1.82, 2.24) is 16.0 Å². The van der Waals surface area contributed by atoms with Crippen molar-refractivity contribution in [2.75, 3.05) is 6.54 Å². The van der Waals surface area contributed by atoms with Gasteiger partial charge in [-0.1, -0.05) is 44.2 Å². The van der Waals surface area contributed by atoms with Crippen molar-refractivity contribution in [3.8, 4) is 0 Å². The first kappa shape index (κ1) is 26.6. The maximum absolute atomic E-state index is 12.9. The topological polar surface area (TPSA) is 188 Å². The summed E-state index contributed by atoms with van der Waals surface area (Å²) in [6, 6.07) is 5.60. The maximum atomic E-state index is 12.9. The number of nitrogens with two attached hydrogens (primary N) is 1. The minimum absolute atomic E-state index is 0.0954. The molecule has 3 atom stereocenters. The molecule has 7 N–H and O–H groups in total. The lowest BCUT2D eigenvalue weighted by Gasteiger charge is -2.26. The molecule has 1 aromatic rings. The van der Waals surface area contributed by atoms with Crippen LogP contribution in [-0.2, 0) is 30.4 Å². The third kappa shape index (κ3) is 9.56. The Morgan fingerprint density at radius 3 is 2.06 bits per heavy atom. The molecule has 0 heterocycles. The summed E-state index contributed by atoms with van der Waals surface area (Å²) in [6.45, 7) is 2.76. The van der Waals surface area contributed by atoms with Gasteiger partial charge in [0.1, 0.15) is 18.6 Å². The number of nitrogens with one attached hydrogen (secondary N) is 3. The molecule has 0 spiro atoms. The Hall–Kier alpha value is -3.47. The second kappa shape index (κ2) is 13.1. The SMILES string of the molecule is CC(C)C(NC(=O)C(N)CCC(=O)O)C(=O)NC(Cc1ccccc1)C(=O)NCC(=O)O. The third-order valence-electron chi connectivity index (χ3n) is 4.58. The number of carboxylic acids is 2. The second-order valence-corrected chi connectivity index (χ2v) is 7.63. The summed E-state index contributed by atoms with van der Waals surface area (Å²) in [5, 5.41) is 24.9. The second-order valence-electron chi connectivity index (χ2n) is 7.63. The first-order valence-electron chi connectivity index (χ1n) is 10.1. The Balaban J connectivity index is 2.92. The third-order valence-corrected chi connectivity index (χ3v) is 4.58. The smallest absolute Gasteiger partial charge is 0.322 e. The summed E-state index contributed by atoms with van der Waals surface area (Å²) in [7, 11) is 0. The Bertz CT molecular complexity index is 814. The molecule has 3 amide bonds. The fraction of sp³-hybridized carbons (Fsp3) is 0.476. The van der Waals surface area contributed by atoms with Gasteiger partial charge in [-0.25, -0.2) is 0 Å². The van der Waals surface area contributed by atoms with E-state index in [2.05, 4.69) is 16.0 Å². The molecule has 0 aromatic heterocycles. The van der Waals surface area contributed by atoms with E-state index in [1.807, 2.05) is 0 Å². The fourth-order valence-corrected chi connectivity index (χ4v) is 2.81. The lowest BCUT2D eigenvalue weighted by molar-refractivity contribution is -0.139. The van der Waals surface area contributed by atoms with Crippen LogP contribution in [0.25, 0.3) is 0 Å². The van der Waals surface area contributed by atoms with E-state index in [1.54, 1.807) is 44.2 Å². The van der Waals surface area contributed by atoms with Crippen LogP contribution in [-0.4, -0.2) is 64.5 Å². The van der Waals surface area contributed by atoms with Crippen molar-refractivity contribution in [1.29, 1.82) is 0 Å². The van der Waals surface area contributed by atoms with Crippen molar-refractivity contribution < 1.29 is 34.2 Å². The summed E-state index contributed by atoms with van der Waals surface area (Å²) in [6.07, 6.45) is -0.285. The lowest BCUT2D eigenvalue weighted by Crippen LogP contribution is -2.58. The first-order valence-corrected chi connectivity index (χ1v) is 10.1. The maximum Gasteiger partial charge on any atom is 0.322 e. The van der Waals surface area contributed by atoms with Crippen LogP contribution in [0.3, 0.4) is 0 Å². The number of hydrogen-bond acceptors (Lipinski definition) is 6. The average Bonchev–Trinajstić information content (AvgIpc) is 2.73. The van der Waals surface area contributed by atoms with Crippen molar-refractivity contribution in [2.45, 2.75) is 51.2 Å². The van der Waals surface area contributed by atoms with Crippen molar-refractivity contribution in [3.05, 3.63) is 35.9 Å². The number of benzene rings is 1. The fourth-order valence-electron chi connectivity index (χ4n) is 2.81. The van der Waals surface area contributed by atoms with Gasteiger partial charge in [0.05, 0.1) is 6.04 Å². The molecule has 32 heavy (non-hydrogen) atoms. The molecule has 11 nitrogen and oxygen atoms in total. The summed E-state index contributed by atoms with van der Waals surface area (Å²) in [5.41, 5.74) is 6.45. The van der Waals surface area contributed by atoms with Crippen molar-refractivity contribution in [2.24, 2.45) is 11.7 Å². The van der Waals surface area contributed by atoms with Gasteiger partial charge >= 0.3 is 11.9 Å². The largest absolute Gasteiger partial charge is 0.481 e. The van der Waals surface area contributed by atoms with E-state index in [9.17, 15) is 24.0 Å². The Kier molecular flexibility index (Phi) is 10.8. The van der Waals surface area contributed by atoms with Crippen LogP contribution >= 0.6 is 0 Å². The van der Waals surface area contributed by atoms with Gasteiger partial charge in [0, 0.05) is 12.8 Å². The summed E-state index contributed by atoms with van der Waals surface area (Å²) < 4.78 is 0. The van der Waals surface area contributed by atoms with Gasteiger partial charge in [0.15, 0.2) is 0 Å². The number of hydrogen-bond donors (Lipinski definition) is 6. The van der Waals surface area contributed by atoms with E-state index in [4.69, 9.17) is 15.9 Å². The zero-order chi connectivity index (χ0) is 24.3. The lowest BCUT2D eigenvalue weighted by atomic mass is 10.00. The summed E-state index contributed by atoms with van der Waals surface area (Å²) >= 11 is 0. The minimum Gasteiger partial charge on any atom is -0.481 e. The molecule has 0 aliphatic heterocycles. The Labute approximate surface area is 185 Å². The highest BCUT2D eigenvalue weighted by molar-refractivity contribution is 5.94. The molecule has 0 saturated heterocycles. The van der Waals surface area contributed by atoms with E-state index in [1.165, 1.54) is 0 Å². The zero-order valence-corrected chi connectivity index (χ0v) is 18.0. The number of rotatable bonds is 13. The van der Waals surface area contributed by atoms with E-state index in [0.29, 0.717) is 0 Å². The van der Waals surface area contributed by atoms with Crippen LogP contribution in [0.5, 0.6) is 0 Å². The number of carbonyl (C=O) groups is 5. The molecule has 1 aromatic carbocycles. The van der Waals surface area contributed by atoms with Crippen LogP contribution in [0.15, 0.2) is 30.3 Å². The van der Waals surface area contributed by atoms with Gasteiger partial charge in [0.25, 0.3) is 0 Å². The first-order chi connectivity index (χ1) is 15.0. The van der Waals surface area contributed by atoms with E-state index in [0.717, 1.165) is 5.56 Å². The molecule has 3 unspecified atom stereocenters. The molecular weight excluding hydrogens is 420 g/mol. The molecule has 11 heteroatoms. The normalized spacial score (nSPS) is 13.5.